The van der Waals surface area contributed by atoms with Gasteiger partial charge in [-0.05, 0) is 27.2 Å². The number of aliphatic imine (C=N–C) groups is 1. The summed E-state index contributed by atoms with van der Waals surface area (Å²) in [5.41, 5.74) is -0.480. The van der Waals surface area contributed by atoms with Crippen LogP contribution in [0.15, 0.2) is 4.99 Å². The van der Waals surface area contributed by atoms with Crippen molar-refractivity contribution in [3.8, 4) is 0 Å². The fraction of sp³-hybridized carbons (Fsp3) is 0.800. The molecule has 0 saturated carbocycles. The van der Waals surface area contributed by atoms with Crippen molar-refractivity contribution in [2.45, 2.75) is 46.1 Å². The van der Waals surface area contributed by atoms with Gasteiger partial charge in [-0.25, -0.2) is 4.99 Å². The molecule has 0 heterocycles. The second-order valence-electron chi connectivity index (χ2n) is 6.14. The number of esters is 1. The molecule has 0 atom stereocenters. The molecule has 1 amide bonds. The smallest absolute Gasteiger partial charge is 0.308 e. The van der Waals surface area contributed by atoms with E-state index in [4.69, 9.17) is 4.74 Å². The number of halogens is 1. The first-order valence-corrected chi connectivity index (χ1v) is 7.60. The Balaban J connectivity index is 0. The fourth-order valence-electron chi connectivity index (χ4n) is 1.38. The van der Waals surface area contributed by atoms with E-state index in [1.165, 1.54) is 4.90 Å². The first kappa shape index (κ1) is 24.2. The molecule has 0 spiro atoms. The van der Waals surface area contributed by atoms with Crippen molar-refractivity contribution in [2.24, 2.45) is 4.99 Å². The summed E-state index contributed by atoms with van der Waals surface area (Å²) in [7, 11) is 3.37. The fourth-order valence-corrected chi connectivity index (χ4v) is 1.38. The Morgan fingerprint density at radius 3 is 2.17 bits per heavy atom. The SMILES string of the molecule is CCCNC(=NCC(=O)N(C)C)NCCC(=O)OC(C)(C)C.I. The number of ether oxygens (including phenoxy) is 1. The summed E-state index contributed by atoms with van der Waals surface area (Å²) >= 11 is 0. The van der Waals surface area contributed by atoms with E-state index in [9.17, 15) is 9.59 Å². The third-order valence-corrected chi connectivity index (χ3v) is 2.46. The van der Waals surface area contributed by atoms with E-state index in [0.29, 0.717) is 12.5 Å². The maximum absolute atomic E-state index is 11.6. The highest BCUT2D eigenvalue weighted by Gasteiger charge is 2.15. The lowest BCUT2D eigenvalue weighted by atomic mass is 10.2. The van der Waals surface area contributed by atoms with Gasteiger partial charge >= 0.3 is 5.97 Å². The van der Waals surface area contributed by atoms with Crippen molar-refractivity contribution in [3.63, 3.8) is 0 Å². The number of rotatable bonds is 7. The third kappa shape index (κ3) is 14.3. The monoisotopic (exact) mass is 442 g/mol. The lowest BCUT2D eigenvalue weighted by molar-refractivity contribution is -0.154. The first-order valence-electron chi connectivity index (χ1n) is 7.60. The number of nitrogens with one attached hydrogen (secondary N) is 2. The molecule has 0 aromatic heterocycles. The summed E-state index contributed by atoms with van der Waals surface area (Å²) in [5.74, 6) is 0.185. The van der Waals surface area contributed by atoms with Gasteiger partial charge in [0.15, 0.2) is 5.96 Å². The summed E-state index contributed by atoms with van der Waals surface area (Å²) in [5, 5.41) is 6.13. The molecule has 23 heavy (non-hydrogen) atoms. The van der Waals surface area contributed by atoms with Gasteiger partial charge in [0.25, 0.3) is 0 Å². The molecule has 0 aliphatic carbocycles. The molecular weight excluding hydrogens is 411 g/mol. The maximum atomic E-state index is 11.6. The molecule has 0 radical (unpaired) electrons. The molecule has 0 fully saturated rings. The van der Waals surface area contributed by atoms with Crippen LogP contribution in [0.5, 0.6) is 0 Å². The topological polar surface area (TPSA) is 83.0 Å². The van der Waals surface area contributed by atoms with E-state index in [-0.39, 0.29) is 48.8 Å². The van der Waals surface area contributed by atoms with Crippen LogP contribution in [0.3, 0.4) is 0 Å². The van der Waals surface area contributed by atoms with E-state index in [1.54, 1.807) is 14.1 Å². The average Bonchev–Trinajstić information content (AvgIpc) is 2.38. The van der Waals surface area contributed by atoms with Gasteiger partial charge in [0.05, 0.1) is 6.42 Å². The molecule has 0 bridgehead atoms. The van der Waals surface area contributed by atoms with Crippen LogP contribution in [0.1, 0.15) is 40.5 Å². The number of nitrogens with zero attached hydrogens (tertiary/aromatic N) is 2. The van der Waals surface area contributed by atoms with Crippen LogP contribution in [0.25, 0.3) is 0 Å². The van der Waals surface area contributed by atoms with Crippen molar-refractivity contribution >= 4 is 41.8 Å². The Labute approximate surface area is 156 Å². The van der Waals surface area contributed by atoms with Crippen LogP contribution >= 0.6 is 24.0 Å². The number of carbonyl (C=O) groups is 2. The van der Waals surface area contributed by atoms with Crippen LogP contribution in [-0.4, -0.2) is 62.1 Å². The highest BCUT2D eigenvalue weighted by atomic mass is 127. The molecule has 0 aromatic carbocycles. The molecule has 0 aliphatic rings. The van der Waals surface area contributed by atoms with Gasteiger partial charge in [-0.1, -0.05) is 6.92 Å². The minimum Gasteiger partial charge on any atom is -0.460 e. The van der Waals surface area contributed by atoms with E-state index >= 15 is 0 Å². The van der Waals surface area contributed by atoms with Crippen molar-refractivity contribution in [2.75, 3.05) is 33.7 Å². The molecule has 7 nitrogen and oxygen atoms in total. The lowest BCUT2D eigenvalue weighted by Gasteiger charge is -2.19. The van der Waals surface area contributed by atoms with Gasteiger partial charge in [-0.3, -0.25) is 9.59 Å². The Morgan fingerprint density at radius 1 is 1.13 bits per heavy atom. The maximum Gasteiger partial charge on any atom is 0.308 e. The predicted octanol–water partition coefficient (Wildman–Crippen LogP) is 1.37. The largest absolute Gasteiger partial charge is 0.460 e. The number of hydrogen-bond donors (Lipinski definition) is 2. The van der Waals surface area contributed by atoms with E-state index in [2.05, 4.69) is 15.6 Å². The third-order valence-electron chi connectivity index (χ3n) is 2.46. The van der Waals surface area contributed by atoms with Gasteiger partial charge in [-0.15, -0.1) is 24.0 Å². The van der Waals surface area contributed by atoms with Crippen LogP contribution < -0.4 is 10.6 Å². The number of carbonyl (C=O) groups excluding carboxylic acids is 2. The van der Waals surface area contributed by atoms with Gasteiger partial charge < -0.3 is 20.3 Å². The van der Waals surface area contributed by atoms with Crippen LogP contribution in [0.2, 0.25) is 0 Å². The molecule has 0 aromatic rings. The molecular formula is C15H31IN4O3. The van der Waals surface area contributed by atoms with Crippen LogP contribution in [0.4, 0.5) is 0 Å². The Kier molecular flexibility index (Phi) is 13.0. The number of likely N-dealkylation sites (N-methyl/N-ethyl adjacent to an activating group) is 1. The van der Waals surface area contributed by atoms with Crippen LogP contribution in [0, 0.1) is 0 Å². The van der Waals surface area contributed by atoms with E-state index in [1.807, 2.05) is 27.7 Å². The zero-order valence-electron chi connectivity index (χ0n) is 15.1. The van der Waals surface area contributed by atoms with Crippen molar-refractivity contribution < 1.29 is 14.3 Å². The number of guanidine groups is 1. The lowest BCUT2D eigenvalue weighted by Crippen LogP contribution is -2.40. The number of amides is 1. The minimum absolute atomic E-state index is 0. The summed E-state index contributed by atoms with van der Waals surface area (Å²) in [6.07, 6.45) is 1.18. The quantitative estimate of drug-likeness (QED) is 0.269. The van der Waals surface area contributed by atoms with Gasteiger partial charge in [-0.2, -0.15) is 0 Å². The Hall–Kier alpha value is -1.06. The second-order valence-corrected chi connectivity index (χ2v) is 6.14. The van der Waals surface area contributed by atoms with Crippen molar-refractivity contribution in [3.05, 3.63) is 0 Å². The molecule has 0 rings (SSSR count). The molecule has 8 heteroatoms. The normalized spacial score (nSPS) is 11.3. The predicted molar refractivity (Wildman–Crippen MR) is 103 cm³/mol. The van der Waals surface area contributed by atoms with Crippen molar-refractivity contribution in [1.29, 1.82) is 0 Å². The summed E-state index contributed by atoms with van der Waals surface area (Å²) in [6.45, 7) is 8.76. The number of hydrogen-bond acceptors (Lipinski definition) is 4. The highest BCUT2D eigenvalue weighted by molar-refractivity contribution is 14.0. The van der Waals surface area contributed by atoms with Gasteiger partial charge in [0.2, 0.25) is 5.91 Å². The highest BCUT2D eigenvalue weighted by Crippen LogP contribution is 2.07. The van der Waals surface area contributed by atoms with E-state index in [0.717, 1.165) is 13.0 Å². The average molecular weight is 442 g/mol. The van der Waals surface area contributed by atoms with E-state index < -0.39 is 5.60 Å². The molecule has 0 saturated heterocycles. The molecule has 0 unspecified atom stereocenters. The zero-order chi connectivity index (χ0) is 17.2. The van der Waals surface area contributed by atoms with Gasteiger partial charge in [0, 0.05) is 27.2 Å². The molecule has 136 valence electrons. The Morgan fingerprint density at radius 2 is 1.70 bits per heavy atom. The van der Waals surface area contributed by atoms with Crippen LogP contribution in [-0.2, 0) is 14.3 Å². The first-order chi connectivity index (χ1) is 10.2. The van der Waals surface area contributed by atoms with Crippen molar-refractivity contribution in [1.82, 2.24) is 15.5 Å². The molecule has 0 aliphatic heterocycles. The molecule has 2 N–H and O–H groups in total. The summed E-state index contributed by atoms with van der Waals surface area (Å²) in [4.78, 5) is 28.9. The standard InChI is InChI=1S/C15H30N4O3.HI/c1-7-9-16-14(18-11-12(20)19(5)6)17-10-8-13(21)22-15(2,3)4;/h7-11H2,1-6H3,(H2,16,17,18);1H. The second kappa shape index (κ2) is 12.4. The summed E-state index contributed by atoms with van der Waals surface area (Å²) < 4.78 is 5.23. The zero-order valence-corrected chi connectivity index (χ0v) is 17.4. The minimum atomic E-state index is -0.480. The van der Waals surface area contributed by atoms with Gasteiger partial charge in [0.1, 0.15) is 12.1 Å². The Bertz CT molecular complexity index is 393. The summed E-state index contributed by atoms with van der Waals surface area (Å²) in [6, 6.07) is 0.